The van der Waals surface area contributed by atoms with Gasteiger partial charge in [-0.05, 0) is 24.7 Å². The lowest BCUT2D eigenvalue weighted by Gasteiger charge is -2.17. The Kier molecular flexibility index (Phi) is 4.27. The number of benzene rings is 1. The standard InChI is InChI=1S/C12H15Br2NO/c1-15(4-3-13)8-10-7-11(14)6-9-2-5-16-12(9)10/h6-7H,2-5,8H2,1H3. The lowest BCUT2D eigenvalue weighted by Crippen LogP contribution is -2.20. The molecule has 0 bridgehead atoms. The van der Waals surface area contributed by atoms with Crippen LogP contribution in [-0.2, 0) is 13.0 Å². The highest BCUT2D eigenvalue weighted by Crippen LogP contribution is 2.33. The molecule has 0 atom stereocenters. The quantitative estimate of drug-likeness (QED) is 0.775. The highest BCUT2D eigenvalue weighted by atomic mass is 79.9. The number of halogens is 2. The number of hydrogen-bond donors (Lipinski definition) is 0. The Hall–Kier alpha value is -0.0600. The minimum Gasteiger partial charge on any atom is -0.493 e. The van der Waals surface area contributed by atoms with Gasteiger partial charge < -0.3 is 9.64 Å². The van der Waals surface area contributed by atoms with Crippen LogP contribution in [0.5, 0.6) is 5.75 Å². The van der Waals surface area contributed by atoms with Crippen molar-refractivity contribution in [1.29, 1.82) is 0 Å². The van der Waals surface area contributed by atoms with E-state index in [1.165, 1.54) is 11.1 Å². The summed E-state index contributed by atoms with van der Waals surface area (Å²) in [5.41, 5.74) is 2.61. The van der Waals surface area contributed by atoms with E-state index in [2.05, 4.69) is 55.9 Å². The molecule has 1 heterocycles. The van der Waals surface area contributed by atoms with E-state index in [-0.39, 0.29) is 0 Å². The molecular formula is C12H15Br2NO. The molecule has 88 valence electrons. The zero-order valence-corrected chi connectivity index (χ0v) is 12.5. The predicted octanol–water partition coefficient (Wildman–Crippen LogP) is 3.21. The van der Waals surface area contributed by atoms with Gasteiger partial charge >= 0.3 is 0 Å². The summed E-state index contributed by atoms with van der Waals surface area (Å²) in [5.74, 6) is 1.10. The minimum atomic E-state index is 0.820. The molecular weight excluding hydrogens is 334 g/mol. The third kappa shape index (κ3) is 2.79. The van der Waals surface area contributed by atoms with Gasteiger partial charge in [-0.3, -0.25) is 0 Å². The maximum absolute atomic E-state index is 5.70. The summed E-state index contributed by atoms with van der Waals surface area (Å²) in [7, 11) is 2.13. The molecule has 1 aliphatic rings. The summed E-state index contributed by atoms with van der Waals surface area (Å²) >= 11 is 7.02. The van der Waals surface area contributed by atoms with Crippen LogP contribution in [0.1, 0.15) is 11.1 Å². The number of nitrogens with zero attached hydrogens (tertiary/aromatic N) is 1. The van der Waals surface area contributed by atoms with Gasteiger partial charge in [-0.15, -0.1) is 0 Å². The van der Waals surface area contributed by atoms with E-state index >= 15 is 0 Å². The molecule has 1 aromatic carbocycles. The first-order chi connectivity index (χ1) is 7.70. The molecule has 0 unspecified atom stereocenters. The first-order valence-electron chi connectivity index (χ1n) is 5.39. The second kappa shape index (κ2) is 5.52. The molecule has 0 amide bonds. The van der Waals surface area contributed by atoms with Gasteiger partial charge in [0.05, 0.1) is 6.61 Å². The topological polar surface area (TPSA) is 12.5 Å². The summed E-state index contributed by atoms with van der Waals surface area (Å²) in [6.07, 6.45) is 1.03. The molecule has 0 saturated carbocycles. The first-order valence-corrected chi connectivity index (χ1v) is 7.30. The average Bonchev–Trinajstić information content (AvgIpc) is 2.65. The molecule has 0 aromatic heterocycles. The van der Waals surface area contributed by atoms with Gasteiger partial charge in [-0.25, -0.2) is 0 Å². The molecule has 2 rings (SSSR count). The summed E-state index contributed by atoms with van der Waals surface area (Å²) < 4.78 is 6.86. The van der Waals surface area contributed by atoms with Crippen molar-refractivity contribution in [2.24, 2.45) is 0 Å². The molecule has 0 N–H and O–H groups in total. The van der Waals surface area contributed by atoms with Crippen molar-refractivity contribution in [3.05, 3.63) is 27.7 Å². The van der Waals surface area contributed by atoms with Crippen LogP contribution in [0.3, 0.4) is 0 Å². The van der Waals surface area contributed by atoms with Crippen molar-refractivity contribution >= 4 is 31.9 Å². The fraction of sp³-hybridized carbons (Fsp3) is 0.500. The SMILES string of the molecule is CN(CCBr)Cc1cc(Br)cc2c1OCC2. The molecule has 1 aliphatic heterocycles. The highest BCUT2D eigenvalue weighted by molar-refractivity contribution is 9.10. The minimum absolute atomic E-state index is 0.820. The van der Waals surface area contributed by atoms with Crippen molar-refractivity contribution in [1.82, 2.24) is 4.90 Å². The fourth-order valence-corrected chi connectivity index (χ4v) is 3.14. The Bertz CT molecular complexity index is 382. The molecule has 4 heteroatoms. The van der Waals surface area contributed by atoms with Gasteiger partial charge in [-0.2, -0.15) is 0 Å². The monoisotopic (exact) mass is 347 g/mol. The first kappa shape index (κ1) is 12.4. The second-order valence-corrected chi connectivity index (χ2v) is 5.79. The highest BCUT2D eigenvalue weighted by Gasteiger charge is 2.18. The van der Waals surface area contributed by atoms with E-state index in [0.29, 0.717) is 0 Å². The van der Waals surface area contributed by atoms with Crippen LogP contribution < -0.4 is 4.74 Å². The van der Waals surface area contributed by atoms with Crippen LogP contribution >= 0.6 is 31.9 Å². The van der Waals surface area contributed by atoms with E-state index in [1.807, 2.05) is 0 Å². The van der Waals surface area contributed by atoms with Gasteiger partial charge in [0.25, 0.3) is 0 Å². The Balaban J connectivity index is 2.20. The van der Waals surface area contributed by atoms with Crippen molar-refractivity contribution in [3.8, 4) is 5.75 Å². The number of alkyl halides is 1. The summed E-state index contributed by atoms with van der Waals surface area (Å²) in [4.78, 5) is 2.29. The van der Waals surface area contributed by atoms with Crippen LogP contribution in [0.4, 0.5) is 0 Å². The Morgan fingerprint density at radius 2 is 2.25 bits per heavy atom. The number of ether oxygens (including phenoxy) is 1. The summed E-state index contributed by atoms with van der Waals surface area (Å²) in [6, 6.07) is 4.32. The van der Waals surface area contributed by atoms with E-state index < -0.39 is 0 Å². The Labute approximate surface area is 113 Å². The largest absolute Gasteiger partial charge is 0.493 e. The van der Waals surface area contributed by atoms with Gasteiger partial charge in [0.2, 0.25) is 0 Å². The van der Waals surface area contributed by atoms with Gasteiger partial charge in [0.1, 0.15) is 5.75 Å². The van der Waals surface area contributed by atoms with E-state index in [4.69, 9.17) is 4.74 Å². The molecule has 0 aliphatic carbocycles. The summed E-state index contributed by atoms with van der Waals surface area (Å²) in [6.45, 7) is 2.80. The maximum atomic E-state index is 5.70. The van der Waals surface area contributed by atoms with Gasteiger partial charge in [0, 0.05) is 34.9 Å². The van der Waals surface area contributed by atoms with Crippen molar-refractivity contribution in [2.45, 2.75) is 13.0 Å². The van der Waals surface area contributed by atoms with Crippen LogP contribution in [0.15, 0.2) is 16.6 Å². The normalized spacial score (nSPS) is 14.0. The van der Waals surface area contributed by atoms with Crippen molar-refractivity contribution in [2.75, 3.05) is 25.5 Å². The van der Waals surface area contributed by atoms with E-state index in [1.54, 1.807) is 0 Å². The predicted molar refractivity (Wildman–Crippen MR) is 73.5 cm³/mol. The number of rotatable bonds is 4. The fourth-order valence-electron chi connectivity index (χ4n) is 1.98. The van der Waals surface area contributed by atoms with E-state index in [9.17, 15) is 0 Å². The molecule has 0 spiro atoms. The molecule has 0 fully saturated rings. The maximum Gasteiger partial charge on any atom is 0.127 e. The third-order valence-corrected chi connectivity index (χ3v) is 3.54. The molecule has 0 saturated heterocycles. The smallest absolute Gasteiger partial charge is 0.127 e. The molecule has 1 aromatic rings. The lowest BCUT2D eigenvalue weighted by molar-refractivity contribution is 0.323. The molecule has 2 nitrogen and oxygen atoms in total. The number of hydrogen-bond acceptors (Lipinski definition) is 2. The zero-order valence-electron chi connectivity index (χ0n) is 9.30. The third-order valence-electron chi connectivity index (χ3n) is 2.73. The zero-order chi connectivity index (χ0) is 11.5. The Morgan fingerprint density at radius 1 is 1.44 bits per heavy atom. The van der Waals surface area contributed by atoms with Crippen LogP contribution in [0, 0.1) is 0 Å². The number of fused-ring (bicyclic) bond motifs is 1. The summed E-state index contributed by atoms with van der Waals surface area (Å²) in [5, 5.41) is 1.00. The molecule has 0 radical (unpaired) electrons. The van der Waals surface area contributed by atoms with Gasteiger partial charge in [0.15, 0.2) is 0 Å². The lowest BCUT2D eigenvalue weighted by atomic mass is 10.1. The van der Waals surface area contributed by atoms with Crippen LogP contribution in [0.2, 0.25) is 0 Å². The Morgan fingerprint density at radius 3 is 3.00 bits per heavy atom. The van der Waals surface area contributed by atoms with Crippen molar-refractivity contribution in [3.63, 3.8) is 0 Å². The van der Waals surface area contributed by atoms with Gasteiger partial charge in [-0.1, -0.05) is 31.9 Å². The van der Waals surface area contributed by atoms with Crippen LogP contribution in [-0.4, -0.2) is 30.4 Å². The second-order valence-electron chi connectivity index (χ2n) is 4.08. The van der Waals surface area contributed by atoms with E-state index in [0.717, 1.165) is 41.7 Å². The average molecular weight is 349 g/mol. The van der Waals surface area contributed by atoms with Crippen molar-refractivity contribution < 1.29 is 4.74 Å². The van der Waals surface area contributed by atoms with Crippen LogP contribution in [0.25, 0.3) is 0 Å². The molecule has 16 heavy (non-hydrogen) atoms.